The van der Waals surface area contributed by atoms with Crippen molar-refractivity contribution in [2.24, 2.45) is 5.41 Å². The number of rotatable bonds is 5. The van der Waals surface area contributed by atoms with Crippen molar-refractivity contribution in [3.8, 4) is 0 Å². The van der Waals surface area contributed by atoms with Crippen molar-refractivity contribution in [3.05, 3.63) is 11.0 Å². The molecule has 0 aromatic carbocycles. The van der Waals surface area contributed by atoms with Gasteiger partial charge in [0, 0.05) is 4.91 Å². The van der Waals surface area contributed by atoms with Crippen LogP contribution in [0, 0.1) is 5.41 Å². The van der Waals surface area contributed by atoms with Crippen LogP contribution in [-0.2, 0) is 23.9 Å². The number of β-lactam (4-membered cyclic amide) rings is 1. The Kier molecular flexibility index (Phi) is 4.84. The lowest BCUT2D eigenvalue weighted by molar-refractivity contribution is -0.178. The van der Waals surface area contributed by atoms with E-state index in [0.717, 1.165) is 10.7 Å². The number of ether oxygens (including phenoxy) is 2. The van der Waals surface area contributed by atoms with E-state index in [1.165, 1.54) is 16.7 Å². The lowest BCUT2D eigenvalue weighted by Crippen LogP contribution is -2.55. The molecule has 2 atom stereocenters. The summed E-state index contributed by atoms with van der Waals surface area (Å²) in [5, 5.41) is 0. The minimum absolute atomic E-state index is 0.00349. The quantitative estimate of drug-likeness (QED) is 0.435. The van der Waals surface area contributed by atoms with E-state index >= 15 is 0 Å². The van der Waals surface area contributed by atoms with Gasteiger partial charge in [-0.3, -0.25) is 9.59 Å². The topological polar surface area (TPSA) is 72.9 Å². The molecular formula is C15H21NO5S. The average Bonchev–Trinajstić information content (AvgIpc) is 2.70. The fourth-order valence-corrected chi connectivity index (χ4v) is 3.26. The monoisotopic (exact) mass is 327 g/mol. The summed E-state index contributed by atoms with van der Waals surface area (Å²) < 4.78 is 9.97. The van der Waals surface area contributed by atoms with Crippen LogP contribution in [0.15, 0.2) is 11.0 Å². The van der Waals surface area contributed by atoms with E-state index in [0.29, 0.717) is 6.42 Å². The maximum atomic E-state index is 12.2. The van der Waals surface area contributed by atoms with Crippen molar-refractivity contribution in [2.75, 3.05) is 12.5 Å². The number of carbonyl (C=O) groups excluding carboxylic acids is 3. The molecule has 2 unspecified atom stereocenters. The lowest BCUT2D eigenvalue weighted by atomic mass is 9.98. The van der Waals surface area contributed by atoms with E-state index in [4.69, 9.17) is 9.47 Å². The van der Waals surface area contributed by atoms with E-state index in [2.05, 4.69) is 0 Å². The summed E-state index contributed by atoms with van der Waals surface area (Å²) in [4.78, 5) is 37.9. The molecule has 0 aromatic heterocycles. The van der Waals surface area contributed by atoms with Gasteiger partial charge in [0.2, 0.25) is 12.7 Å². The Morgan fingerprint density at radius 2 is 2.05 bits per heavy atom. The Labute approximate surface area is 134 Å². The normalized spacial score (nSPS) is 23.5. The van der Waals surface area contributed by atoms with Crippen molar-refractivity contribution in [1.29, 1.82) is 0 Å². The first-order chi connectivity index (χ1) is 10.3. The fraction of sp³-hybridized carbons (Fsp3) is 0.667. The van der Waals surface area contributed by atoms with E-state index in [-0.39, 0.29) is 11.9 Å². The largest absolute Gasteiger partial charge is 0.427 e. The first-order valence-electron chi connectivity index (χ1n) is 7.25. The van der Waals surface area contributed by atoms with Crippen LogP contribution in [0.2, 0.25) is 0 Å². The molecule has 0 aromatic rings. The molecule has 2 aliphatic rings. The van der Waals surface area contributed by atoms with E-state index in [9.17, 15) is 14.4 Å². The van der Waals surface area contributed by atoms with Crippen LogP contribution in [0.25, 0.3) is 0 Å². The van der Waals surface area contributed by atoms with Gasteiger partial charge in [-0.05, 0) is 32.6 Å². The number of thioether (sulfide) groups is 1. The van der Waals surface area contributed by atoms with Gasteiger partial charge in [-0.1, -0.05) is 6.92 Å². The maximum absolute atomic E-state index is 12.2. The second-order valence-electron chi connectivity index (χ2n) is 6.24. The predicted octanol–water partition coefficient (Wildman–Crippen LogP) is 1.70. The zero-order chi connectivity index (χ0) is 16.5. The maximum Gasteiger partial charge on any atom is 0.336 e. The third-order valence-electron chi connectivity index (χ3n) is 3.47. The summed E-state index contributed by atoms with van der Waals surface area (Å²) in [6.07, 6.45) is 2.39. The molecule has 0 saturated carbocycles. The lowest BCUT2D eigenvalue weighted by Gasteiger charge is -2.37. The van der Waals surface area contributed by atoms with Crippen molar-refractivity contribution in [1.82, 2.24) is 4.90 Å². The van der Waals surface area contributed by atoms with Gasteiger partial charge in [-0.2, -0.15) is 0 Å². The number of fused-ring (bicyclic) bond motifs is 1. The molecule has 1 amide bonds. The van der Waals surface area contributed by atoms with Crippen molar-refractivity contribution >= 4 is 29.6 Å². The first kappa shape index (κ1) is 16.9. The minimum Gasteiger partial charge on any atom is -0.427 e. The summed E-state index contributed by atoms with van der Waals surface area (Å²) in [7, 11) is 0. The predicted molar refractivity (Wildman–Crippen MR) is 81.8 cm³/mol. The molecule has 0 bridgehead atoms. The van der Waals surface area contributed by atoms with Crippen molar-refractivity contribution in [3.63, 3.8) is 0 Å². The Balaban J connectivity index is 1.92. The van der Waals surface area contributed by atoms with Crippen LogP contribution in [0.3, 0.4) is 0 Å². The van der Waals surface area contributed by atoms with Crippen LogP contribution in [0.1, 0.15) is 34.1 Å². The Morgan fingerprint density at radius 3 is 2.59 bits per heavy atom. The molecule has 22 heavy (non-hydrogen) atoms. The summed E-state index contributed by atoms with van der Waals surface area (Å²) in [5.74, 6) is -0.238. The SMILES string of the molecule is CCSC1=CC2CC(=O)N2C1C(=O)OCOC(=O)C(C)(C)C. The number of amides is 1. The van der Waals surface area contributed by atoms with Gasteiger partial charge < -0.3 is 14.4 Å². The molecule has 122 valence electrons. The van der Waals surface area contributed by atoms with Gasteiger partial charge in [0.1, 0.15) is 0 Å². The highest BCUT2D eigenvalue weighted by atomic mass is 32.2. The molecule has 2 rings (SSSR count). The standard InChI is InChI=1S/C15H21NO5S/c1-5-22-10-6-9-7-11(17)16(9)12(10)13(18)20-8-21-14(19)15(2,3)4/h6,9,12H,5,7-8H2,1-4H3. The van der Waals surface area contributed by atoms with E-state index in [1.54, 1.807) is 20.8 Å². The smallest absolute Gasteiger partial charge is 0.336 e. The van der Waals surface area contributed by atoms with E-state index in [1.807, 2.05) is 13.0 Å². The van der Waals surface area contributed by atoms with Crippen LogP contribution in [0.4, 0.5) is 0 Å². The van der Waals surface area contributed by atoms with Gasteiger partial charge in [-0.25, -0.2) is 4.79 Å². The molecule has 7 heteroatoms. The van der Waals surface area contributed by atoms with Gasteiger partial charge >= 0.3 is 11.9 Å². The molecule has 0 radical (unpaired) electrons. The second-order valence-corrected chi connectivity index (χ2v) is 7.58. The molecule has 0 spiro atoms. The summed E-state index contributed by atoms with van der Waals surface area (Å²) in [6, 6.07) is -0.694. The van der Waals surface area contributed by atoms with Gasteiger partial charge in [-0.15, -0.1) is 11.8 Å². The number of nitrogens with zero attached hydrogens (tertiary/aromatic N) is 1. The fourth-order valence-electron chi connectivity index (χ4n) is 2.31. The number of hydrogen-bond acceptors (Lipinski definition) is 6. The Bertz CT molecular complexity index is 523. The molecule has 0 aliphatic carbocycles. The third kappa shape index (κ3) is 3.29. The molecule has 2 aliphatic heterocycles. The molecule has 2 heterocycles. The Morgan fingerprint density at radius 1 is 1.36 bits per heavy atom. The molecule has 6 nitrogen and oxygen atoms in total. The zero-order valence-electron chi connectivity index (χ0n) is 13.3. The highest BCUT2D eigenvalue weighted by Crippen LogP contribution is 2.39. The van der Waals surface area contributed by atoms with Crippen molar-refractivity contribution < 1.29 is 23.9 Å². The first-order valence-corrected chi connectivity index (χ1v) is 8.23. The van der Waals surface area contributed by atoms with Crippen LogP contribution in [-0.4, -0.2) is 47.4 Å². The molecule has 1 saturated heterocycles. The van der Waals surface area contributed by atoms with Gasteiger partial charge in [0.15, 0.2) is 6.04 Å². The second kappa shape index (κ2) is 6.32. The van der Waals surface area contributed by atoms with E-state index < -0.39 is 30.2 Å². The summed E-state index contributed by atoms with van der Waals surface area (Å²) >= 11 is 1.53. The number of carbonyl (C=O) groups is 3. The van der Waals surface area contributed by atoms with Crippen molar-refractivity contribution in [2.45, 2.75) is 46.2 Å². The van der Waals surface area contributed by atoms with Gasteiger partial charge in [0.05, 0.1) is 17.9 Å². The van der Waals surface area contributed by atoms with Crippen LogP contribution < -0.4 is 0 Å². The summed E-state index contributed by atoms with van der Waals surface area (Å²) in [5.41, 5.74) is -0.651. The minimum atomic E-state index is -0.690. The van der Waals surface area contributed by atoms with Crippen LogP contribution >= 0.6 is 11.8 Å². The number of esters is 2. The Hall–Kier alpha value is -1.50. The molecular weight excluding hydrogens is 306 g/mol. The number of hydrogen-bond donors (Lipinski definition) is 0. The molecule has 1 fully saturated rings. The highest BCUT2D eigenvalue weighted by molar-refractivity contribution is 8.03. The van der Waals surface area contributed by atoms with Crippen LogP contribution in [0.5, 0.6) is 0 Å². The third-order valence-corrected chi connectivity index (χ3v) is 4.45. The molecule has 0 N–H and O–H groups in total. The summed E-state index contributed by atoms with van der Waals surface area (Å²) in [6.45, 7) is 6.71. The average molecular weight is 327 g/mol. The zero-order valence-corrected chi connectivity index (χ0v) is 14.1. The highest BCUT2D eigenvalue weighted by Gasteiger charge is 2.50. The van der Waals surface area contributed by atoms with Gasteiger partial charge in [0.25, 0.3) is 0 Å².